The molecule has 0 bridgehead atoms. The van der Waals surface area contributed by atoms with Crippen molar-refractivity contribution in [2.24, 2.45) is 11.8 Å². The summed E-state index contributed by atoms with van der Waals surface area (Å²) in [7, 11) is 0. The van der Waals surface area contributed by atoms with Crippen LogP contribution >= 0.6 is 12.2 Å². The highest BCUT2D eigenvalue weighted by molar-refractivity contribution is 7.71. The van der Waals surface area contributed by atoms with E-state index in [0.29, 0.717) is 35.0 Å². The van der Waals surface area contributed by atoms with Crippen molar-refractivity contribution in [2.45, 2.75) is 25.7 Å². The molecule has 0 unspecified atom stereocenters. The van der Waals surface area contributed by atoms with Gasteiger partial charge in [0.15, 0.2) is 5.58 Å². The molecular formula is C18H21N3O3S. The average molecular weight is 359 g/mol. The second-order valence-electron chi connectivity index (χ2n) is 7.00. The first-order valence-electron chi connectivity index (χ1n) is 8.80. The van der Waals surface area contributed by atoms with E-state index in [1.165, 1.54) is 12.8 Å². The van der Waals surface area contributed by atoms with Gasteiger partial charge in [-0.3, -0.25) is 9.59 Å². The zero-order chi connectivity index (χ0) is 17.4. The number of rotatable bonds is 4. The zero-order valence-electron chi connectivity index (χ0n) is 13.9. The number of oxazole rings is 1. The highest BCUT2D eigenvalue weighted by Crippen LogP contribution is 2.28. The van der Waals surface area contributed by atoms with E-state index in [9.17, 15) is 9.59 Å². The number of aromatic nitrogens is 1. The Morgan fingerprint density at radius 3 is 2.96 bits per heavy atom. The molecule has 1 aliphatic carbocycles. The fourth-order valence-corrected chi connectivity index (χ4v) is 3.55. The molecular weight excluding hydrogens is 338 g/mol. The van der Waals surface area contributed by atoms with Gasteiger partial charge in [-0.15, -0.1) is 0 Å². The van der Waals surface area contributed by atoms with Crippen LogP contribution in [0.25, 0.3) is 11.1 Å². The predicted octanol–water partition coefficient (Wildman–Crippen LogP) is 2.87. The van der Waals surface area contributed by atoms with Crippen molar-refractivity contribution in [3.8, 4) is 0 Å². The number of likely N-dealkylation sites (tertiary alicyclic amines) is 1. The summed E-state index contributed by atoms with van der Waals surface area (Å²) in [5, 5.41) is 3.03. The van der Waals surface area contributed by atoms with Crippen LogP contribution < -0.4 is 5.32 Å². The fraction of sp³-hybridized carbons (Fsp3) is 0.500. The Labute approximate surface area is 150 Å². The number of aromatic amines is 1. The minimum Gasteiger partial charge on any atom is -0.429 e. The maximum atomic E-state index is 12.8. The van der Waals surface area contributed by atoms with E-state index in [1.54, 1.807) is 23.1 Å². The van der Waals surface area contributed by atoms with Gasteiger partial charge in [-0.25, -0.2) is 0 Å². The van der Waals surface area contributed by atoms with Crippen LogP contribution in [-0.4, -0.2) is 41.3 Å². The van der Waals surface area contributed by atoms with E-state index < -0.39 is 0 Å². The lowest BCUT2D eigenvalue weighted by Gasteiger charge is -2.32. The summed E-state index contributed by atoms with van der Waals surface area (Å²) in [5.74, 6) is 0.563. The van der Waals surface area contributed by atoms with Gasteiger partial charge in [0.1, 0.15) is 0 Å². The molecule has 4 rings (SSSR count). The number of nitrogens with zero attached hydrogens (tertiary/aromatic N) is 1. The molecule has 1 aromatic heterocycles. The van der Waals surface area contributed by atoms with Gasteiger partial charge >= 0.3 is 0 Å². The third-order valence-corrected chi connectivity index (χ3v) is 5.19. The van der Waals surface area contributed by atoms with Crippen molar-refractivity contribution in [3.05, 3.63) is 28.6 Å². The molecule has 1 atom stereocenters. The summed E-state index contributed by atoms with van der Waals surface area (Å²) >= 11 is 4.98. The van der Waals surface area contributed by atoms with Crippen molar-refractivity contribution in [2.75, 3.05) is 19.6 Å². The largest absolute Gasteiger partial charge is 0.429 e. The van der Waals surface area contributed by atoms with E-state index in [2.05, 4.69) is 10.3 Å². The number of nitrogens with one attached hydrogen (secondary N) is 2. The van der Waals surface area contributed by atoms with Gasteiger partial charge in [-0.1, -0.05) is 0 Å². The van der Waals surface area contributed by atoms with E-state index in [0.717, 1.165) is 24.9 Å². The topological polar surface area (TPSA) is 78.3 Å². The number of hydrogen-bond acceptors (Lipinski definition) is 4. The van der Waals surface area contributed by atoms with Crippen LogP contribution in [0, 0.1) is 16.7 Å². The third kappa shape index (κ3) is 3.61. The van der Waals surface area contributed by atoms with Crippen LogP contribution in [0.15, 0.2) is 22.6 Å². The molecule has 2 heterocycles. The fourth-order valence-electron chi connectivity index (χ4n) is 3.35. The van der Waals surface area contributed by atoms with Gasteiger partial charge in [-0.2, -0.15) is 0 Å². The van der Waals surface area contributed by atoms with Crippen molar-refractivity contribution in [1.29, 1.82) is 0 Å². The molecule has 1 aromatic carbocycles. The molecule has 1 aliphatic heterocycles. The second kappa shape index (κ2) is 6.63. The Bertz CT molecular complexity index is 868. The Kier molecular flexibility index (Phi) is 4.33. The highest BCUT2D eigenvalue weighted by atomic mass is 32.1. The number of piperidine rings is 1. The molecule has 2 fully saturated rings. The summed E-state index contributed by atoms with van der Waals surface area (Å²) in [5.41, 5.74) is 1.91. The van der Waals surface area contributed by atoms with Gasteiger partial charge in [-0.05, 0) is 62.0 Å². The Morgan fingerprint density at radius 1 is 1.32 bits per heavy atom. The second-order valence-corrected chi connectivity index (χ2v) is 7.38. The van der Waals surface area contributed by atoms with Crippen LogP contribution in [0.5, 0.6) is 0 Å². The smallest absolute Gasteiger partial charge is 0.266 e. The Balaban J connectivity index is 1.44. The summed E-state index contributed by atoms with van der Waals surface area (Å²) < 4.78 is 5.39. The molecule has 0 radical (unpaired) electrons. The van der Waals surface area contributed by atoms with Crippen molar-refractivity contribution >= 4 is 35.1 Å². The van der Waals surface area contributed by atoms with E-state index in [-0.39, 0.29) is 17.7 Å². The summed E-state index contributed by atoms with van der Waals surface area (Å²) in [4.78, 5) is 30.1. The quantitative estimate of drug-likeness (QED) is 0.823. The van der Waals surface area contributed by atoms with E-state index in [1.807, 2.05) is 0 Å². The number of fused-ring (bicyclic) bond motifs is 1. The van der Waals surface area contributed by atoms with Crippen LogP contribution in [0.4, 0.5) is 0 Å². The first-order valence-corrected chi connectivity index (χ1v) is 9.21. The molecule has 2 amide bonds. The molecule has 2 aromatic rings. The lowest BCUT2D eigenvalue weighted by molar-refractivity contribution is -0.126. The number of H-pyrrole nitrogens is 1. The molecule has 2 aliphatic rings. The van der Waals surface area contributed by atoms with Gasteiger partial charge in [0, 0.05) is 25.2 Å². The minimum absolute atomic E-state index is 0.0658. The molecule has 25 heavy (non-hydrogen) atoms. The lowest BCUT2D eigenvalue weighted by Crippen LogP contribution is -2.45. The van der Waals surface area contributed by atoms with E-state index >= 15 is 0 Å². The Morgan fingerprint density at radius 2 is 2.16 bits per heavy atom. The van der Waals surface area contributed by atoms with Crippen molar-refractivity contribution < 1.29 is 14.0 Å². The van der Waals surface area contributed by atoms with Gasteiger partial charge < -0.3 is 19.6 Å². The number of amides is 2. The van der Waals surface area contributed by atoms with Gasteiger partial charge in [0.05, 0.1) is 11.4 Å². The van der Waals surface area contributed by atoms with Crippen LogP contribution in [0.2, 0.25) is 0 Å². The van der Waals surface area contributed by atoms with Crippen LogP contribution in [0.1, 0.15) is 36.0 Å². The van der Waals surface area contributed by atoms with Crippen molar-refractivity contribution in [3.63, 3.8) is 0 Å². The number of benzene rings is 1. The minimum atomic E-state index is -0.114. The lowest BCUT2D eigenvalue weighted by atomic mass is 9.96. The molecule has 132 valence electrons. The SMILES string of the molecule is O=C(NCC1CC1)[C@H]1CCCN(C(=O)c2ccc3[nH]c(=S)oc3c2)C1. The maximum Gasteiger partial charge on any atom is 0.266 e. The van der Waals surface area contributed by atoms with Crippen molar-refractivity contribution in [1.82, 2.24) is 15.2 Å². The summed E-state index contributed by atoms with van der Waals surface area (Å²) in [6, 6.07) is 5.27. The Hall–Kier alpha value is -2.15. The zero-order valence-corrected chi connectivity index (χ0v) is 14.7. The molecule has 6 nitrogen and oxygen atoms in total. The standard InChI is InChI=1S/C18H21N3O3S/c22-16(19-9-11-3-4-11)13-2-1-7-21(10-13)17(23)12-5-6-14-15(8-12)24-18(25)20-14/h5-6,8,11,13H,1-4,7,9-10H2,(H,19,22)(H,20,25)/t13-/m0/s1. The number of hydrogen-bond donors (Lipinski definition) is 2. The molecule has 2 N–H and O–H groups in total. The number of carbonyl (C=O) groups is 2. The summed E-state index contributed by atoms with van der Waals surface area (Å²) in [6.07, 6.45) is 4.12. The third-order valence-electron chi connectivity index (χ3n) is 5.01. The normalized spacial score (nSPS) is 20.6. The van der Waals surface area contributed by atoms with Gasteiger partial charge in [0.25, 0.3) is 10.7 Å². The first-order chi connectivity index (χ1) is 12.1. The predicted molar refractivity (Wildman–Crippen MR) is 95.8 cm³/mol. The van der Waals surface area contributed by atoms with Crippen LogP contribution in [0.3, 0.4) is 0 Å². The molecule has 0 spiro atoms. The molecule has 1 saturated heterocycles. The van der Waals surface area contributed by atoms with Crippen LogP contribution in [-0.2, 0) is 4.79 Å². The maximum absolute atomic E-state index is 12.8. The monoisotopic (exact) mass is 359 g/mol. The summed E-state index contributed by atoms with van der Waals surface area (Å²) in [6.45, 7) is 1.93. The first kappa shape index (κ1) is 16.3. The van der Waals surface area contributed by atoms with E-state index in [4.69, 9.17) is 16.6 Å². The number of carbonyl (C=O) groups excluding carboxylic acids is 2. The highest BCUT2D eigenvalue weighted by Gasteiger charge is 2.30. The average Bonchev–Trinajstić information content (AvgIpc) is 3.38. The molecule has 1 saturated carbocycles. The molecule has 7 heteroatoms. The van der Waals surface area contributed by atoms with Gasteiger partial charge in [0.2, 0.25) is 5.91 Å².